The molecule has 5 heteroatoms. The summed E-state index contributed by atoms with van der Waals surface area (Å²) in [5.41, 5.74) is 3.31. The number of hydrogen-bond donors (Lipinski definition) is 1. The van der Waals surface area contributed by atoms with Gasteiger partial charge in [0.1, 0.15) is 6.54 Å². The van der Waals surface area contributed by atoms with Gasteiger partial charge in [0.25, 0.3) is 0 Å². The van der Waals surface area contributed by atoms with Crippen molar-refractivity contribution >= 4 is 11.9 Å². The zero-order valence-corrected chi connectivity index (χ0v) is 13.8. The summed E-state index contributed by atoms with van der Waals surface area (Å²) in [5, 5.41) is 2.59. The summed E-state index contributed by atoms with van der Waals surface area (Å²) in [4.78, 5) is 27.3. The van der Waals surface area contributed by atoms with E-state index in [-0.39, 0.29) is 19.1 Å². The summed E-state index contributed by atoms with van der Waals surface area (Å²) < 4.78 is 5.09. The predicted octanol–water partition coefficient (Wildman–Crippen LogP) is 2.22. The number of esters is 1. The average molecular weight is 326 g/mol. The van der Waals surface area contributed by atoms with Crippen LogP contribution >= 0.6 is 0 Å². The van der Waals surface area contributed by atoms with Crippen LogP contribution in [0.2, 0.25) is 0 Å². The van der Waals surface area contributed by atoms with Crippen molar-refractivity contribution in [3.63, 3.8) is 0 Å². The third-order valence-corrected chi connectivity index (χ3v) is 3.57. The van der Waals surface area contributed by atoms with Gasteiger partial charge in [-0.15, -0.1) is 0 Å². The van der Waals surface area contributed by atoms with Crippen LogP contribution < -0.4 is 5.32 Å². The molecule has 1 aromatic carbocycles. The number of nitrogens with one attached hydrogen (secondary N) is 1. The third kappa shape index (κ3) is 6.60. The lowest BCUT2D eigenvalue weighted by atomic mass is 10.1. The molecule has 1 amide bonds. The third-order valence-electron chi connectivity index (χ3n) is 3.57. The molecule has 1 N–H and O–H groups in total. The van der Waals surface area contributed by atoms with Crippen molar-refractivity contribution in [2.24, 2.45) is 0 Å². The quantitative estimate of drug-likeness (QED) is 0.755. The van der Waals surface area contributed by atoms with Crippen molar-refractivity contribution in [1.29, 1.82) is 0 Å². The van der Waals surface area contributed by atoms with Crippen molar-refractivity contribution in [3.8, 4) is 0 Å². The lowest BCUT2D eigenvalue weighted by molar-refractivity contribution is -0.143. The second-order valence-corrected chi connectivity index (χ2v) is 5.59. The molecule has 0 aliphatic carbocycles. The summed E-state index contributed by atoms with van der Waals surface area (Å²) in [6.07, 6.45) is 5.05. The Kier molecular flexibility index (Phi) is 6.95. The molecule has 126 valence electrons. The smallest absolute Gasteiger partial charge is 0.325 e. The van der Waals surface area contributed by atoms with Crippen molar-refractivity contribution in [2.45, 2.75) is 26.2 Å². The van der Waals surface area contributed by atoms with Gasteiger partial charge in [-0.1, -0.05) is 35.9 Å². The van der Waals surface area contributed by atoms with Crippen LogP contribution in [0.5, 0.6) is 0 Å². The van der Waals surface area contributed by atoms with Crippen molar-refractivity contribution < 1.29 is 14.3 Å². The van der Waals surface area contributed by atoms with Gasteiger partial charge >= 0.3 is 5.97 Å². The number of rotatable bonds is 8. The lowest BCUT2D eigenvalue weighted by Gasteiger charge is -2.07. The number of carbonyl (C=O) groups is 2. The molecule has 0 radical (unpaired) electrons. The van der Waals surface area contributed by atoms with Crippen LogP contribution in [0.4, 0.5) is 0 Å². The van der Waals surface area contributed by atoms with E-state index < -0.39 is 5.97 Å². The van der Waals surface area contributed by atoms with Crippen LogP contribution in [0.15, 0.2) is 48.8 Å². The van der Waals surface area contributed by atoms with Gasteiger partial charge in [-0.25, -0.2) is 0 Å². The highest BCUT2D eigenvalue weighted by Gasteiger charge is 2.07. The fraction of sp³-hybridized carbons (Fsp3) is 0.316. The Bertz CT molecular complexity index is 654. The van der Waals surface area contributed by atoms with Gasteiger partial charge in [-0.3, -0.25) is 14.6 Å². The normalized spacial score (nSPS) is 10.2. The molecule has 0 atom stereocenters. The van der Waals surface area contributed by atoms with Gasteiger partial charge in [0.15, 0.2) is 0 Å². The predicted molar refractivity (Wildman–Crippen MR) is 91.4 cm³/mol. The van der Waals surface area contributed by atoms with Gasteiger partial charge in [-0.05, 0) is 30.5 Å². The number of nitrogens with zero attached hydrogens (tertiary/aromatic N) is 1. The first-order valence-electron chi connectivity index (χ1n) is 8.00. The Balaban J connectivity index is 1.59. The van der Waals surface area contributed by atoms with Crippen molar-refractivity contribution in [2.75, 3.05) is 13.2 Å². The fourth-order valence-corrected chi connectivity index (χ4v) is 2.15. The summed E-state index contributed by atoms with van der Waals surface area (Å²) in [6.45, 7) is 2.21. The van der Waals surface area contributed by atoms with Gasteiger partial charge in [0.2, 0.25) is 5.91 Å². The minimum atomic E-state index is -0.428. The standard InChI is InChI=1S/C19H22N2O3/c1-15-4-6-16(7-5-15)8-9-18(22)21-14-19(23)24-12-10-17-3-2-11-20-13-17/h2-7,11,13H,8-10,12,14H2,1H3,(H,21,22). The molecule has 0 fully saturated rings. The molecule has 2 rings (SSSR count). The molecule has 1 aromatic heterocycles. The molecule has 24 heavy (non-hydrogen) atoms. The Morgan fingerprint density at radius 3 is 2.58 bits per heavy atom. The highest BCUT2D eigenvalue weighted by molar-refractivity contribution is 5.82. The van der Waals surface area contributed by atoms with E-state index in [1.54, 1.807) is 12.4 Å². The zero-order chi connectivity index (χ0) is 17.2. The number of carbonyl (C=O) groups excluding carboxylic acids is 2. The van der Waals surface area contributed by atoms with E-state index in [1.807, 2.05) is 43.3 Å². The van der Waals surface area contributed by atoms with E-state index in [0.717, 1.165) is 11.1 Å². The number of hydrogen-bond acceptors (Lipinski definition) is 4. The zero-order valence-electron chi connectivity index (χ0n) is 13.8. The largest absolute Gasteiger partial charge is 0.464 e. The lowest BCUT2D eigenvalue weighted by Crippen LogP contribution is -2.31. The molecule has 2 aromatic rings. The fourth-order valence-electron chi connectivity index (χ4n) is 2.15. The van der Waals surface area contributed by atoms with E-state index in [0.29, 0.717) is 19.3 Å². The maximum absolute atomic E-state index is 11.8. The summed E-state index contributed by atoms with van der Waals surface area (Å²) in [7, 11) is 0. The van der Waals surface area contributed by atoms with Gasteiger partial charge in [0, 0.05) is 25.2 Å². The van der Waals surface area contributed by atoms with Crippen LogP contribution in [0.1, 0.15) is 23.1 Å². The van der Waals surface area contributed by atoms with Crippen molar-refractivity contribution in [3.05, 3.63) is 65.5 Å². The molecule has 0 bridgehead atoms. The van der Waals surface area contributed by atoms with Crippen LogP contribution in [0.25, 0.3) is 0 Å². The number of ether oxygens (including phenoxy) is 1. The first-order chi connectivity index (χ1) is 11.6. The number of amides is 1. The van der Waals surface area contributed by atoms with Crippen LogP contribution in [-0.2, 0) is 27.2 Å². The maximum atomic E-state index is 11.8. The Morgan fingerprint density at radius 1 is 1.08 bits per heavy atom. The second-order valence-electron chi connectivity index (χ2n) is 5.59. The second kappa shape index (κ2) is 9.45. The molecular formula is C19H22N2O3. The summed E-state index contributed by atoms with van der Waals surface area (Å²) in [5.74, 6) is -0.581. The van der Waals surface area contributed by atoms with Crippen molar-refractivity contribution in [1.82, 2.24) is 10.3 Å². The molecule has 0 saturated carbocycles. The maximum Gasteiger partial charge on any atom is 0.325 e. The highest BCUT2D eigenvalue weighted by Crippen LogP contribution is 2.05. The SMILES string of the molecule is Cc1ccc(CCC(=O)NCC(=O)OCCc2cccnc2)cc1. The monoisotopic (exact) mass is 326 g/mol. The highest BCUT2D eigenvalue weighted by atomic mass is 16.5. The molecule has 5 nitrogen and oxygen atoms in total. The van der Waals surface area contributed by atoms with Gasteiger partial charge in [0.05, 0.1) is 6.61 Å². The minimum Gasteiger partial charge on any atom is -0.464 e. The van der Waals surface area contributed by atoms with Crippen LogP contribution in [-0.4, -0.2) is 30.0 Å². The molecule has 0 aliphatic rings. The Morgan fingerprint density at radius 2 is 1.88 bits per heavy atom. The van der Waals surface area contributed by atoms with Crippen LogP contribution in [0.3, 0.4) is 0 Å². The molecule has 0 spiro atoms. The Labute approximate surface area is 142 Å². The molecular weight excluding hydrogens is 304 g/mol. The van der Waals surface area contributed by atoms with Crippen LogP contribution in [0, 0.1) is 6.92 Å². The first-order valence-corrected chi connectivity index (χ1v) is 8.00. The summed E-state index contributed by atoms with van der Waals surface area (Å²) >= 11 is 0. The number of aromatic nitrogens is 1. The van der Waals surface area contributed by atoms with E-state index in [4.69, 9.17) is 4.74 Å². The molecule has 0 saturated heterocycles. The number of pyridine rings is 1. The average Bonchev–Trinajstić information content (AvgIpc) is 2.60. The molecule has 0 aliphatic heterocycles. The number of benzene rings is 1. The number of aryl methyl sites for hydroxylation is 2. The molecule has 1 heterocycles. The van der Waals surface area contributed by atoms with E-state index >= 15 is 0 Å². The topological polar surface area (TPSA) is 68.3 Å². The summed E-state index contributed by atoms with van der Waals surface area (Å²) in [6, 6.07) is 11.8. The van der Waals surface area contributed by atoms with Gasteiger partial charge in [-0.2, -0.15) is 0 Å². The first kappa shape index (κ1) is 17.7. The van der Waals surface area contributed by atoms with E-state index in [9.17, 15) is 9.59 Å². The van der Waals surface area contributed by atoms with E-state index in [1.165, 1.54) is 5.56 Å². The van der Waals surface area contributed by atoms with Gasteiger partial charge < -0.3 is 10.1 Å². The van der Waals surface area contributed by atoms with E-state index in [2.05, 4.69) is 10.3 Å². The molecule has 0 unspecified atom stereocenters. The minimum absolute atomic E-state index is 0.0974. The Hall–Kier alpha value is -2.69.